The maximum absolute atomic E-state index is 2.43. The van der Waals surface area contributed by atoms with E-state index >= 15 is 0 Å². The third kappa shape index (κ3) is 4.57. The van der Waals surface area contributed by atoms with Crippen molar-refractivity contribution >= 4 is 43.4 Å². The zero-order chi connectivity index (χ0) is 33.0. The Morgan fingerprint density at radius 2 is 0.660 bits per heavy atom. The number of fused-ring (bicyclic) bond motifs is 4. The van der Waals surface area contributed by atoms with Crippen molar-refractivity contribution < 1.29 is 0 Å². The van der Waals surface area contributed by atoms with Gasteiger partial charge in [-0.05, 0) is 81.6 Å². The summed E-state index contributed by atoms with van der Waals surface area (Å²) in [5, 5.41) is 7.39. The van der Waals surface area contributed by atoms with E-state index in [-0.39, 0.29) is 0 Å². The maximum atomic E-state index is 2.43. The lowest BCUT2D eigenvalue weighted by molar-refractivity contribution is 1.15. The molecule has 0 radical (unpaired) electrons. The van der Waals surface area contributed by atoms with Crippen LogP contribution in [0.3, 0.4) is 0 Å². The lowest BCUT2D eigenvalue weighted by Gasteiger charge is -2.15. The highest BCUT2D eigenvalue weighted by Gasteiger charge is 2.18. The molecule has 0 saturated heterocycles. The van der Waals surface area contributed by atoms with E-state index < -0.39 is 0 Å². The number of hydrogen-bond donors (Lipinski definition) is 0. The molecule has 2 heterocycles. The van der Waals surface area contributed by atoms with E-state index in [1.807, 2.05) is 0 Å². The summed E-state index contributed by atoms with van der Waals surface area (Å²) in [4.78, 5) is 0. The zero-order valence-electron chi connectivity index (χ0n) is 27.4. The average molecular weight is 637 g/mol. The highest BCUT2D eigenvalue weighted by Crippen LogP contribution is 2.39. The zero-order valence-corrected chi connectivity index (χ0v) is 27.4. The first-order chi connectivity index (χ1) is 24.8. The monoisotopic (exact) mass is 636 g/mol. The molecule has 2 aromatic heterocycles. The van der Waals surface area contributed by atoms with Gasteiger partial charge in [-0.2, -0.15) is 0 Å². The Hall–Kier alpha value is -6.64. The fourth-order valence-corrected chi connectivity index (χ4v) is 7.76. The van der Waals surface area contributed by atoms with Crippen LogP contribution in [0.5, 0.6) is 0 Å². The molecule has 0 aliphatic rings. The maximum Gasteiger partial charge on any atom is 0.0541 e. The lowest BCUT2D eigenvalue weighted by atomic mass is 10.0. The lowest BCUT2D eigenvalue weighted by Crippen LogP contribution is -1.98. The molecule has 0 spiro atoms. The van der Waals surface area contributed by atoms with Crippen LogP contribution in [0.25, 0.3) is 88.4 Å². The Kier molecular flexibility index (Phi) is 6.53. The third-order valence-corrected chi connectivity index (χ3v) is 10.1. The first kappa shape index (κ1) is 28.4. The predicted octanol–water partition coefficient (Wildman–Crippen LogP) is 12.9. The normalized spacial score (nSPS) is 11.6. The molecular formula is C48H32N2. The summed E-state index contributed by atoms with van der Waals surface area (Å²) in [6, 6.07) is 70.5. The molecule has 0 saturated carbocycles. The van der Waals surface area contributed by atoms with E-state index in [1.165, 1.54) is 88.4 Å². The summed E-state index contributed by atoms with van der Waals surface area (Å²) in [7, 11) is 0. The molecule has 2 nitrogen and oxygen atoms in total. The van der Waals surface area contributed by atoms with Crippen molar-refractivity contribution in [2.45, 2.75) is 0 Å². The van der Waals surface area contributed by atoms with Crippen LogP contribution in [0.1, 0.15) is 0 Å². The van der Waals surface area contributed by atoms with E-state index in [1.54, 1.807) is 0 Å². The highest BCUT2D eigenvalue weighted by molar-refractivity contribution is 6.00. The predicted molar refractivity (Wildman–Crippen MR) is 211 cm³/mol. The van der Waals surface area contributed by atoms with Gasteiger partial charge in [0.2, 0.25) is 0 Å². The van der Waals surface area contributed by atoms with E-state index in [0.29, 0.717) is 0 Å². The van der Waals surface area contributed by atoms with E-state index in [0.717, 1.165) is 0 Å². The topological polar surface area (TPSA) is 9.86 Å². The molecule has 0 atom stereocenters. The Morgan fingerprint density at radius 1 is 0.260 bits per heavy atom. The minimum Gasteiger partial charge on any atom is -0.309 e. The van der Waals surface area contributed by atoms with Gasteiger partial charge in [-0.1, -0.05) is 146 Å². The molecule has 0 fully saturated rings. The van der Waals surface area contributed by atoms with E-state index in [9.17, 15) is 0 Å². The van der Waals surface area contributed by atoms with Crippen LogP contribution in [0.15, 0.2) is 194 Å². The second-order valence-electron chi connectivity index (χ2n) is 13.0. The van der Waals surface area contributed by atoms with Gasteiger partial charge in [0.05, 0.1) is 33.8 Å². The minimum atomic E-state index is 1.18. The second kappa shape index (κ2) is 11.5. The van der Waals surface area contributed by atoms with Crippen molar-refractivity contribution in [2.75, 3.05) is 0 Å². The van der Waals surface area contributed by atoms with Gasteiger partial charge in [-0.25, -0.2) is 0 Å². The molecule has 234 valence electrons. The van der Waals surface area contributed by atoms with Crippen molar-refractivity contribution in [3.63, 3.8) is 0 Å². The van der Waals surface area contributed by atoms with Crippen molar-refractivity contribution in [3.8, 4) is 45.0 Å². The van der Waals surface area contributed by atoms with Gasteiger partial charge in [0.15, 0.2) is 0 Å². The summed E-state index contributed by atoms with van der Waals surface area (Å²) >= 11 is 0. The fraction of sp³-hybridized carbons (Fsp3) is 0. The molecule has 0 aliphatic carbocycles. The quantitative estimate of drug-likeness (QED) is 0.178. The molecule has 0 unspecified atom stereocenters. The van der Waals surface area contributed by atoms with Crippen molar-refractivity contribution in [1.29, 1.82) is 0 Å². The smallest absolute Gasteiger partial charge is 0.0541 e. The molecule has 0 aliphatic heterocycles. The molecule has 50 heavy (non-hydrogen) atoms. The summed E-state index contributed by atoms with van der Waals surface area (Å²) in [5.74, 6) is 0. The van der Waals surface area contributed by atoms with Crippen LogP contribution in [0, 0.1) is 0 Å². The summed E-state index contributed by atoms with van der Waals surface area (Å²) in [5.41, 5.74) is 11.9. The van der Waals surface area contributed by atoms with Gasteiger partial charge >= 0.3 is 0 Å². The highest BCUT2D eigenvalue weighted by atomic mass is 15.0. The fourth-order valence-electron chi connectivity index (χ4n) is 7.76. The van der Waals surface area contributed by atoms with Gasteiger partial charge in [-0.15, -0.1) is 0 Å². The summed E-state index contributed by atoms with van der Waals surface area (Å²) in [6.45, 7) is 0. The summed E-state index contributed by atoms with van der Waals surface area (Å²) in [6.07, 6.45) is 0. The second-order valence-corrected chi connectivity index (χ2v) is 13.0. The number of rotatable bonds is 5. The van der Waals surface area contributed by atoms with Crippen LogP contribution in [0.4, 0.5) is 0 Å². The van der Waals surface area contributed by atoms with Gasteiger partial charge in [-0.3, -0.25) is 0 Å². The van der Waals surface area contributed by atoms with Crippen LogP contribution >= 0.6 is 0 Å². The first-order valence-corrected chi connectivity index (χ1v) is 17.2. The number of nitrogens with zero attached hydrogens (tertiary/aromatic N) is 2. The van der Waals surface area contributed by atoms with Gasteiger partial charge in [0, 0.05) is 21.5 Å². The molecule has 0 bridgehead atoms. The van der Waals surface area contributed by atoms with Gasteiger partial charge < -0.3 is 9.13 Å². The minimum absolute atomic E-state index is 1.18. The SMILES string of the molecule is c1ccc(-c2cc3cc(-c4ccc5c(c4)cc(-c4ccccc4)n5-c4cccc5ccccc45)ccc3n2-c2cccc3ccccc23)cc1. The molecule has 10 aromatic rings. The van der Waals surface area contributed by atoms with Crippen LogP contribution in [-0.2, 0) is 0 Å². The molecule has 8 aromatic carbocycles. The molecule has 2 heteroatoms. The van der Waals surface area contributed by atoms with E-state index in [2.05, 4.69) is 203 Å². The van der Waals surface area contributed by atoms with Crippen LogP contribution in [-0.4, -0.2) is 9.13 Å². The number of aromatic nitrogens is 2. The largest absolute Gasteiger partial charge is 0.309 e. The summed E-state index contributed by atoms with van der Waals surface area (Å²) < 4.78 is 4.85. The third-order valence-electron chi connectivity index (χ3n) is 10.1. The number of benzene rings is 8. The first-order valence-electron chi connectivity index (χ1n) is 17.2. The molecule has 10 rings (SSSR count). The van der Waals surface area contributed by atoms with E-state index in [4.69, 9.17) is 0 Å². The Balaban J connectivity index is 1.16. The molecule has 0 amide bonds. The molecular weight excluding hydrogens is 605 g/mol. The standard InChI is InChI=1S/C48H32N2/c1-3-15-35(16-4-1)47-31-39-29-37(25-27-43(39)49(47)45-23-11-19-33-13-7-9-21-41(33)45)38-26-28-44-40(30-38)32-48(36-17-5-2-6-18-36)50(44)46-24-12-20-34-14-8-10-22-42(34)46/h1-32H. The Bertz CT molecular complexity index is 2650. The van der Waals surface area contributed by atoms with Gasteiger partial charge in [0.25, 0.3) is 0 Å². The van der Waals surface area contributed by atoms with Crippen molar-refractivity contribution in [3.05, 3.63) is 194 Å². The van der Waals surface area contributed by atoms with Crippen LogP contribution < -0.4 is 0 Å². The molecule has 0 N–H and O–H groups in total. The Morgan fingerprint density at radius 3 is 1.12 bits per heavy atom. The Labute approximate surface area is 290 Å². The van der Waals surface area contributed by atoms with Gasteiger partial charge in [0.1, 0.15) is 0 Å². The van der Waals surface area contributed by atoms with Crippen LogP contribution in [0.2, 0.25) is 0 Å². The van der Waals surface area contributed by atoms with Crippen molar-refractivity contribution in [2.24, 2.45) is 0 Å². The number of hydrogen-bond acceptors (Lipinski definition) is 0. The van der Waals surface area contributed by atoms with Crippen molar-refractivity contribution in [1.82, 2.24) is 9.13 Å². The average Bonchev–Trinajstić information content (AvgIpc) is 3.76.